The summed E-state index contributed by atoms with van der Waals surface area (Å²) in [6.45, 7) is 4.23. The van der Waals surface area contributed by atoms with Crippen LogP contribution in [0.4, 0.5) is 5.69 Å². The molecule has 170 valence electrons. The molecule has 0 spiro atoms. The standard InChI is InChI=1S/C25H24ClN3O4/c1-16-4-6-18(7-5-16)15-33-21-11-8-19(9-12-21)17(2)28-29-25(31)24(30)27-22-14-20(26)10-13-23(22)32-3/h4-14H,15H2,1-3H3,(H,27,30)(H,29,31)/b28-17+. The van der Waals surface area contributed by atoms with Gasteiger partial charge in [0, 0.05) is 5.02 Å². The number of amides is 2. The molecular formula is C25H24ClN3O4. The smallest absolute Gasteiger partial charge is 0.329 e. The van der Waals surface area contributed by atoms with Crippen LogP contribution in [0.1, 0.15) is 23.6 Å². The summed E-state index contributed by atoms with van der Waals surface area (Å²) in [7, 11) is 1.45. The van der Waals surface area contributed by atoms with Crippen molar-refractivity contribution in [1.82, 2.24) is 5.43 Å². The largest absolute Gasteiger partial charge is 0.495 e. The van der Waals surface area contributed by atoms with E-state index in [4.69, 9.17) is 21.1 Å². The summed E-state index contributed by atoms with van der Waals surface area (Å²) in [5.41, 5.74) is 6.12. The molecule has 3 aromatic carbocycles. The number of nitrogens with zero attached hydrogens (tertiary/aromatic N) is 1. The van der Waals surface area contributed by atoms with Crippen molar-refractivity contribution in [3.8, 4) is 11.5 Å². The molecular weight excluding hydrogens is 442 g/mol. The summed E-state index contributed by atoms with van der Waals surface area (Å²) in [4.78, 5) is 24.3. The number of hydrogen-bond donors (Lipinski definition) is 2. The second-order valence-electron chi connectivity index (χ2n) is 7.24. The lowest BCUT2D eigenvalue weighted by molar-refractivity contribution is -0.136. The van der Waals surface area contributed by atoms with Crippen LogP contribution in [0.15, 0.2) is 71.8 Å². The average molecular weight is 466 g/mol. The maximum atomic E-state index is 12.2. The van der Waals surface area contributed by atoms with E-state index in [-0.39, 0.29) is 5.69 Å². The number of benzene rings is 3. The fourth-order valence-corrected chi connectivity index (χ4v) is 3.02. The molecule has 0 saturated carbocycles. The molecule has 33 heavy (non-hydrogen) atoms. The highest BCUT2D eigenvalue weighted by molar-refractivity contribution is 6.40. The Balaban J connectivity index is 1.55. The molecule has 0 aliphatic carbocycles. The molecule has 3 rings (SSSR count). The Bertz CT molecular complexity index is 1160. The van der Waals surface area contributed by atoms with Gasteiger partial charge in [-0.15, -0.1) is 0 Å². The van der Waals surface area contributed by atoms with Crippen LogP contribution < -0.4 is 20.2 Å². The molecule has 8 heteroatoms. The predicted octanol–water partition coefficient (Wildman–Crippen LogP) is 4.71. The predicted molar refractivity (Wildman–Crippen MR) is 129 cm³/mol. The van der Waals surface area contributed by atoms with Crippen LogP contribution >= 0.6 is 11.6 Å². The third-order valence-corrected chi connectivity index (χ3v) is 4.97. The van der Waals surface area contributed by atoms with E-state index in [1.54, 1.807) is 19.1 Å². The Morgan fingerprint density at radius 3 is 2.33 bits per heavy atom. The van der Waals surface area contributed by atoms with Crippen molar-refractivity contribution in [1.29, 1.82) is 0 Å². The zero-order chi connectivity index (χ0) is 23.8. The molecule has 2 N–H and O–H groups in total. The van der Waals surface area contributed by atoms with Gasteiger partial charge < -0.3 is 14.8 Å². The van der Waals surface area contributed by atoms with Crippen molar-refractivity contribution >= 4 is 34.8 Å². The monoisotopic (exact) mass is 465 g/mol. The summed E-state index contributed by atoms with van der Waals surface area (Å²) in [6.07, 6.45) is 0. The number of halogens is 1. The van der Waals surface area contributed by atoms with Crippen LogP contribution in [-0.4, -0.2) is 24.6 Å². The molecule has 0 heterocycles. The molecule has 0 atom stereocenters. The van der Waals surface area contributed by atoms with Crippen LogP contribution in [0.3, 0.4) is 0 Å². The molecule has 0 unspecified atom stereocenters. The van der Waals surface area contributed by atoms with E-state index in [2.05, 4.69) is 15.8 Å². The molecule has 2 amide bonds. The van der Waals surface area contributed by atoms with E-state index >= 15 is 0 Å². The van der Waals surface area contributed by atoms with Crippen molar-refractivity contribution < 1.29 is 19.1 Å². The van der Waals surface area contributed by atoms with Crippen LogP contribution in [-0.2, 0) is 16.2 Å². The second-order valence-corrected chi connectivity index (χ2v) is 7.67. The van der Waals surface area contributed by atoms with Gasteiger partial charge in [-0.1, -0.05) is 41.4 Å². The van der Waals surface area contributed by atoms with Gasteiger partial charge in [0.15, 0.2) is 0 Å². The maximum Gasteiger partial charge on any atom is 0.329 e. The van der Waals surface area contributed by atoms with E-state index < -0.39 is 11.8 Å². The van der Waals surface area contributed by atoms with Crippen LogP contribution in [0, 0.1) is 6.92 Å². The lowest BCUT2D eigenvalue weighted by Gasteiger charge is -2.10. The highest BCUT2D eigenvalue weighted by atomic mass is 35.5. The van der Waals surface area contributed by atoms with Gasteiger partial charge in [0.25, 0.3) is 0 Å². The van der Waals surface area contributed by atoms with Gasteiger partial charge in [-0.25, -0.2) is 5.43 Å². The molecule has 0 aliphatic heterocycles. The first kappa shape index (κ1) is 23.8. The van der Waals surface area contributed by atoms with Crippen LogP contribution in [0.2, 0.25) is 5.02 Å². The van der Waals surface area contributed by atoms with Gasteiger partial charge in [0.05, 0.1) is 18.5 Å². The SMILES string of the molecule is COc1ccc(Cl)cc1NC(=O)C(=O)N/N=C(\C)c1ccc(OCc2ccc(C)cc2)cc1. The number of ether oxygens (including phenoxy) is 2. The molecule has 0 aliphatic rings. The van der Waals surface area contributed by atoms with Crippen LogP contribution in [0.25, 0.3) is 0 Å². The van der Waals surface area contributed by atoms with Gasteiger partial charge in [-0.3, -0.25) is 9.59 Å². The number of hydrogen-bond acceptors (Lipinski definition) is 5. The van der Waals surface area contributed by atoms with E-state index in [1.165, 1.54) is 18.7 Å². The summed E-state index contributed by atoms with van der Waals surface area (Å²) in [5.74, 6) is -0.725. The van der Waals surface area contributed by atoms with Gasteiger partial charge in [-0.05, 0) is 67.4 Å². The third kappa shape index (κ3) is 6.82. The Morgan fingerprint density at radius 2 is 1.67 bits per heavy atom. The van der Waals surface area contributed by atoms with Crippen molar-refractivity contribution in [3.05, 3.63) is 88.4 Å². The average Bonchev–Trinajstić information content (AvgIpc) is 2.82. The maximum absolute atomic E-state index is 12.2. The van der Waals surface area contributed by atoms with Gasteiger partial charge in [0.1, 0.15) is 18.1 Å². The van der Waals surface area contributed by atoms with E-state index in [0.29, 0.717) is 28.8 Å². The highest BCUT2D eigenvalue weighted by Crippen LogP contribution is 2.27. The summed E-state index contributed by atoms with van der Waals surface area (Å²) < 4.78 is 10.9. The number of nitrogens with one attached hydrogen (secondary N) is 2. The van der Waals surface area contributed by atoms with Crippen molar-refractivity contribution in [2.75, 3.05) is 12.4 Å². The first-order valence-corrected chi connectivity index (χ1v) is 10.5. The second kappa shape index (κ2) is 11.2. The number of methoxy groups -OCH3 is 1. The normalized spacial score (nSPS) is 11.0. The number of anilines is 1. The molecule has 0 aromatic heterocycles. The topological polar surface area (TPSA) is 89.0 Å². The third-order valence-electron chi connectivity index (χ3n) is 4.74. The minimum atomic E-state index is -0.922. The number of aryl methyl sites for hydroxylation is 1. The molecule has 0 bridgehead atoms. The molecule has 3 aromatic rings. The highest BCUT2D eigenvalue weighted by Gasteiger charge is 2.16. The molecule has 0 radical (unpaired) electrons. The Morgan fingerprint density at radius 1 is 0.970 bits per heavy atom. The summed E-state index contributed by atoms with van der Waals surface area (Å²) in [5, 5.41) is 6.86. The van der Waals surface area contributed by atoms with E-state index in [9.17, 15) is 9.59 Å². The minimum absolute atomic E-state index is 0.284. The summed E-state index contributed by atoms with van der Waals surface area (Å²) in [6, 6.07) is 20.1. The fourth-order valence-electron chi connectivity index (χ4n) is 2.85. The molecule has 7 nitrogen and oxygen atoms in total. The van der Waals surface area contributed by atoms with Crippen LogP contribution in [0.5, 0.6) is 11.5 Å². The molecule has 0 saturated heterocycles. The zero-order valence-corrected chi connectivity index (χ0v) is 19.3. The van der Waals surface area contributed by atoms with Gasteiger partial charge >= 0.3 is 11.8 Å². The van der Waals surface area contributed by atoms with E-state index in [1.807, 2.05) is 55.5 Å². The first-order chi connectivity index (χ1) is 15.9. The van der Waals surface area contributed by atoms with Crippen molar-refractivity contribution in [2.45, 2.75) is 20.5 Å². The minimum Gasteiger partial charge on any atom is -0.495 e. The Kier molecular flexibility index (Phi) is 8.05. The Labute approximate surface area is 197 Å². The first-order valence-electron chi connectivity index (χ1n) is 10.1. The van der Waals surface area contributed by atoms with Crippen molar-refractivity contribution in [2.24, 2.45) is 5.10 Å². The number of carbonyl (C=O) groups excluding carboxylic acids is 2. The lowest BCUT2D eigenvalue weighted by atomic mass is 10.1. The van der Waals surface area contributed by atoms with Gasteiger partial charge in [-0.2, -0.15) is 5.10 Å². The number of rotatable bonds is 7. The van der Waals surface area contributed by atoms with Gasteiger partial charge in [0.2, 0.25) is 0 Å². The lowest BCUT2D eigenvalue weighted by Crippen LogP contribution is -2.33. The van der Waals surface area contributed by atoms with E-state index in [0.717, 1.165) is 11.1 Å². The number of carbonyl (C=O) groups is 2. The summed E-state index contributed by atoms with van der Waals surface area (Å²) >= 11 is 5.94. The quantitative estimate of drug-likeness (QED) is 0.300. The van der Waals surface area contributed by atoms with Crippen molar-refractivity contribution in [3.63, 3.8) is 0 Å². The Hall–Kier alpha value is -3.84. The molecule has 0 fully saturated rings. The fraction of sp³-hybridized carbons (Fsp3) is 0.160. The number of hydrazone groups is 1. The zero-order valence-electron chi connectivity index (χ0n) is 18.5.